The highest BCUT2D eigenvalue weighted by molar-refractivity contribution is 7.89. The molecule has 0 bridgehead atoms. The molecule has 0 aliphatic carbocycles. The molecule has 0 aromatic heterocycles. The highest BCUT2D eigenvalue weighted by Gasteiger charge is 2.53. The molecule has 1 saturated heterocycles. The summed E-state index contributed by atoms with van der Waals surface area (Å²) >= 11 is 0. The number of methoxy groups -OCH3 is 1. The first-order chi connectivity index (χ1) is 11.3. The van der Waals surface area contributed by atoms with Crippen molar-refractivity contribution in [2.75, 3.05) is 20.3 Å². The number of carboxylic acids is 1. The summed E-state index contributed by atoms with van der Waals surface area (Å²) in [5, 5.41) is 9.62. The predicted octanol–water partition coefficient (Wildman–Crippen LogP) is 1.53. The van der Waals surface area contributed by atoms with Gasteiger partial charge in [0, 0.05) is 25.6 Å². The van der Waals surface area contributed by atoms with Crippen molar-refractivity contribution in [3.8, 4) is 0 Å². The van der Waals surface area contributed by atoms with Crippen molar-refractivity contribution < 1.29 is 27.9 Å². The number of carbonyl (C=O) groups is 2. The van der Waals surface area contributed by atoms with Crippen LogP contribution in [0.3, 0.4) is 0 Å². The zero-order valence-corrected chi connectivity index (χ0v) is 14.5. The Morgan fingerprint density at radius 2 is 2.08 bits per heavy atom. The van der Waals surface area contributed by atoms with Crippen molar-refractivity contribution in [2.24, 2.45) is 0 Å². The van der Waals surface area contributed by atoms with E-state index in [-0.39, 0.29) is 36.7 Å². The molecule has 132 valence electrons. The van der Waals surface area contributed by atoms with Crippen LogP contribution in [0.15, 0.2) is 29.2 Å². The number of hydrogen-bond donors (Lipinski definition) is 1. The fraction of sp³-hybridized carbons (Fsp3) is 0.500. The van der Waals surface area contributed by atoms with Gasteiger partial charge in [0.2, 0.25) is 10.0 Å². The predicted molar refractivity (Wildman–Crippen MR) is 86.4 cm³/mol. The number of Topliss-reactive ketones (excluding diaryl/α,β-unsaturated/α-hetero) is 1. The third kappa shape index (κ3) is 3.09. The maximum atomic E-state index is 13.0. The number of ketones is 1. The van der Waals surface area contributed by atoms with E-state index in [0.29, 0.717) is 12.0 Å². The van der Waals surface area contributed by atoms with E-state index < -0.39 is 21.5 Å². The molecular formula is C16H21NO6S. The summed E-state index contributed by atoms with van der Waals surface area (Å²) in [4.78, 5) is 23.5. The first-order valence-corrected chi connectivity index (χ1v) is 9.12. The van der Waals surface area contributed by atoms with E-state index in [9.17, 15) is 23.1 Å². The van der Waals surface area contributed by atoms with Crippen molar-refractivity contribution in [1.29, 1.82) is 0 Å². The van der Waals surface area contributed by atoms with Gasteiger partial charge >= 0.3 is 5.97 Å². The molecule has 24 heavy (non-hydrogen) atoms. The monoisotopic (exact) mass is 355 g/mol. The Labute approximate surface area is 141 Å². The number of rotatable bonds is 7. The summed E-state index contributed by atoms with van der Waals surface area (Å²) in [5.74, 6) is -1.40. The maximum Gasteiger partial charge on any atom is 0.327 e. The second-order valence-electron chi connectivity index (χ2n) is 5.76. The Hall–Kier alpha value is -1.77. The Balaban J connectivity index is 2.50. The largest absolute Gasteiger partial charge is 0.480 e. The normalized spacial score (nSPS) is 21.8. The number of nitrogens with zero attached hydrogens (tertiary/aromatic N) is 1. The summed E-state index contributed by atoms with van der Waals surface area (Å²) in [5.41, 5.74) is -1.32. The molecule has 1 N–H and O–H groups in total. The summed E-state index contributed by atoms with van der Waals surface area (Å²) < 4.78 is 32.0. The van der Waals surface area contributed by atoms with Crippen LogP contribution in [0.4, 0.5) is 0 Å². The third-order valence-corrected chi connectivity index (χ3v) is 6.24. The first kappa shape index (κ1) is 18.6. The molecule has 1 aromatic carbocycles. The quantitative estimate of drug-likeness (QED) is 0.745. The van der Waals surface area contributed by atoms with Gasteiger partial charge in [-0.15, -0.1) is 0 Å². The average molecular weight is 355 g/mol. The minimum absolute atomic E-state index is 0.0783. The van der Waals surface area contributed by atoms with Gasteiger partial charge in [-0.25, -0.2) is 8.42 Å². The molecule has 1 unspecified atom stereocenters. The minimum Gasteiger partial charge on any atom is -0.480 e. The van der Waals surface area contributed by atoms with Crippen molar-refractivity contribution in [1.82, 2.24) is 4.31 Å². The zero-order chi connectivity index (χ0) is 18.0. The van der Waals surface area contributed by atoms with Crippen molar-refractivity contribution in [2.45, 2.75) is 36.6 Å². The lowest BCUT2D eigenvalue weighted by molar-refractivity contribution is -0.150. The summed E-state index contributed by atoms with van der Waals surface area (Å²) in [6, 6.07) is 5.72. The van der Waals surface area contributed by atoms with Gasteiger partial charge in [0.25, 0.3) is 0 Å². The standard InChI is InChI=1S/C16H21NO6S/c1-3-14(18)12-6-4-7-13(10-12)24(21,22)17-9-5-8-16(17,11-23-2)15(19)20/h4,6-7,10H,3,5,8-9,11H2,1-2H3,(H,19,20). The molecule has 7 nitrogen and oxygen atoms in total. The molecule has 0 amide bonds. The van der Waals surface area contributed by atoms with E-state index in [1.807, 2.05) is 0 Å². The van der Waals surface area contributed by atoms with Crippen LogP contribution in [0.25, 0.3) is 0 Å². The van der Waals surface area contributed by atoms with Crippen LogP contribution >= 0.6 is 0 Å². The van der Waals surface area contributed by atoms with Gasteiger partial charge in [0.15, 0.2) is 11.3 Å². The minimum atomic E-state index is -4.06. The van der Waals surface area contributed by atoms with Crippen LogP contribution in [0, 0.1) is 0 Å². The summed E-state index contributed by atoms with van der Waals surface area (Å²) in [7, 11) is -2.72. The van der Waals surface area contributed by atoms with Crippen LogP contribution in [0.2, 0.25) is 0 Å². The third-order valence-electron chi connectivity index (χ3n) is 4.28. The number of aliphatic carboxylic acids is 1. The van der Waals surface area contributed by atoms with E-state index >= 15 is 0 Å². The van der Waals surface area contributed by atoms with Crippen LogP contribution in [-0.4, -0.2) is 55.4 Å². The maximum absolute atomic E-state index is 13.0. The van der Waals surface area contributed by atoms with Crippen LogP contribution < -0.4 is 0 Å². The van der Waals surface area contributed by atoms with Crippen LogP contribution in [0.1, 0.15) is 36.5 Å². The topological polar surface area (TPSA) is 101 Å². The molecule has 0 saturated carbocycles. The Morgan fingerprint density at radius 1 is 1.38 bits per heavy atom. The number of carbonyl (C=O) groups excluding carboxylic acids is 1. The van der Waals surface area contributed by atoms with Crippen molar-refractivity contribution >= 4 is 21.8 Å². The summed E-state index contributed by atoms with van der Waals surface area (Å²) in [6.45, 7) is 1.57. The Morgan fingerprint density at radius 3 is 2.67 bits per heavy atom. The lowest BCUT2D eigenvalue weighted by Crippen LogP contribution is -2.55. The molecule has 1 aliphatic heterocycles. The number of carboxylic acid groups (broad SMARTS) is 1. The molecule has 8 heteroatoms. The molecule has 2 rings (SSSR count). The fourth-order valence-electron chi connectivity index (χ4n) is 3.02. The number of benzene rings is 1. The first-order valence-electron chi connectivity index (χ1n) is 7.68. The van der Waals surface area contributed by atoms with Gasteiger partial charge in [-0.2, -0.15) is 4.31 Å². The van der Waals surface area contributed by atoms with Gasteiger partial charge in [-0.1, -0.05) is 19.1 Å². The van der Waals surface area contributed by atoms with E-state index in [0.717, 1.165) is 4.31 Å². The number of ether oxygens (including phenoxy) is 1. The highest BCUT2D eigenvalue weighted by atomic mass is 32.2. The van der Waals surface area contributed by atoms with Crippen molar-refractivity contribution in [3.63, 3.8) is 0 Å². The summed E-state index contributed by atoms with van der Waals surface area (Å²) in [6.07, 6.45) is 0.876. The number of sulfonamides is 1. The van der Waals surface area contributed by atoms with Gasteiger partial charge in [-0.3, -0.25) is 9.59 Å². The highest BCUT2D eigenvalue weighted by Crippen LogP contribution is 2.35. The number of hydrogen-bond acceptors (Lipinski definition) is 5. The van der Waals surface area contributed by atoms with E-state index in [2.05, 4.69) is 0 Å². The molecule has 1 heterocycles. The Kier molecular flexibility index (Phi) is 5.42. The molecule has 0 spiro atoms. The van der Waals surface area contributed by atoms with Gasteiger partial charge in [-0.05, 0) is 25.0 Å². The Bertz CT molecular complexity index is 745. The molecule has 1 aliphatic rings. The zero-order valence-electron chi connectivity index (χ0n) is 13.7. The molecule has 1 atom stereocenters. The van der Waals surface area contributed by atoms with Crippen LogP contribution in [-0.2, 0) is 19.6 Å². The lowest BCUT2D eigenvalue weighted by Gasteiger charge is -2.33. The average Bonchev–Trinajstić information content (AvgIpc) is 3.00. The second-order valence-corrected chi connectivity index (χ2v) is 7.62. The molecular weight excluding hydrogens is 334 g/mol. The molecule has 0 radical (unpaired) electrons. The molecule has 1 fully saturated rings. The van der Waals surface area contributed by atoms with E-state index in [4.69, 9.17) is 4.74 Å². The fourth-order valence-corrected chi connectivity index (χ4v) is 4.86. The molecule has 1 aromatic rings. The van der Waals surface area contributed by atoms with E-state index in [1.165, 1.54) is 25.3 Å². The van der Waals surface area contributed by atoms with Gasteiger partial charge in [0.05, 0.1) is 11.5 Å². The smallest absolute Gasteiger partial charge is 0.327 e. The lowest BCUT2D eigenvalue weighted by atomic mass is 9.99. The van der Waals surface area contributed by atoms with Gasteiger partial charge in [0.1, 0.15) is 0 Å². The second kappa shape index (κ2) is 7.00. The van der Waals surface area contributed by atoms with E-state index in [1.54, 1.807) is 13.0 Å². The SMILES string of the molecule is CCC(=O)c1cccc(S(=O)(=O)N2CCCC2(COC)C(=O)O)c1. The van der Waals surface area contributed by atoms with Gasteiger partial charge < -0.3 is 9.84 Å². The van der Waals surface area contributed by atoms with Crippen LogP contribution in [0.5, 0.6) is 0 Å². The van der Waals surface area contributed by atoms with Crippen molar-refractivity contribution in [3.05, 3.63) is 29.8 Å².